The molecule has 2 aromatic carbocycles. The number of nitrogens with zero attached hydrogens (tertiary/aromatic N) is 2. The van der Waals surface area contributed by atoms with Crippen LogP contribution in [0.5, 0.6) is 11.5 Å². The van der Waals surface area contributed by atoms with Crippen LogP contribution < -0.4 is 4.74 Å². The minimum Gasteiger partial charge on any atom is -0.508 e. The van der Waals surface area contributed by atoms with Crippen molar-refractivity contribution in [3.8, 4) is 11.5 Å². The highest BCUT2D eigenvalue weighted by atomic mass is 32.2. The first-order valence-electron chi connectivity index (χ1n) is 10.9. The first-order valence-corrected chi connectivity index (χ1v) is 11.7. The Kier molecular flexibility index (Phi) is 6.34. The lowest BCUT2D eigenvalue weighted by Gasteiger charge is -2.33. The minimum absolute atomic E-state index is 0.114. The van der Waals surface area contributed by atoms with Gasteiger partial charge in [0.15, 0.2) is 4.93 Å². The van der Waals surface area contributed by atoms with Crippen molar-refractivity contribution in [2.24, 2.45) is 0 Å². The Labute approximate surface area is 197 Å². The van der Waals surface area contributed by atoms with Crippen LogP contribution in [0.4, 0.5) is 4.39 Å². The molecule has 0 aliphatic carbocycles. The predicted octanol–water partition coefficient (Wildman–Crippen LogP) is 6.04. The zero-order chi connectivity index (χ0) is 23.8. The van der Waals surface area contributed by atoms with E-state index in [0.29, 0.717) is 11.3 Å². The molecule has 0 spiro atoms. The number of hydrogen-bond donors (Lipinski definition) is 1. The summed E-state index contributed by atoms with van der Waals surface area (Å²) >= 11 is 1.53. The van der Waals surface area contributed by atoms with Crippen molar-refractivity contribution in [1.82, 2.24) is 9.88 Å². The molecule has 5 nitrogen and oxygen atoms in total. The van der Waals surface area contributed by atoms with Crippen molar-refractivity contribution in [3.05, 3.63) is 83.4 Å². The number of pyridine rings is 1. The van der Waals surface area contributed by atoms with Crippen molar-refractivity contribution in [3.63, 3.8) is 0 Å². The monoisotopic (exact) mass is 466 g/mol. The van der Waals surface area contributed by atoms with Gasteiger partial charge in [0.25, 0.3) is 0 Å². The Hall–Kier alpha value is -3.06. The van der Waals surface area contributed by atoms with E-state index in [1.165, 1.54) is 23.9 Å². The highest BCUT2D eigenvalue weighted by molar-refractivity contribution is 8.00. The summed E-state index contributed by atoms with van der Waals surface area (Å²) in [6.07, 6.45) is 1.69. The Bertz CT molecular complexity index is 1150. The van der Waals surface area contributed by atoms with Crippen LogP contribution in [-0.4, -0.2) is 25.8 Å². The molecule has 7 heteroatoms. The van der Waals surface area contributed by atoms with Gasteiger partial charge < -0.3 is 14.7 Å². The number of phenolic OH excluding ortho intramolecular Hbond substituents is 1. The predicted molar refractivity (Wildman–Crippen MR) is 127 cm³/mol. The largest absolute Gasteiger partial charge is 0.508 e. The molecule has 172 valence electrons. The van der Waals surface area contributed by atoms with Crippen LogP contribution in [0.1, 0.15) is 56.5 Å². The van der Waals surface area contributed by atoms with Crippen molar-refractivity contribution in [2.75, 3.05) is 0 Å². The molecule has 2 unspecified atom stereocenters. The van der Waals surface area contributed by atoms with Crippen LogP contribution in [0.15, 0.2) is 65.7 Å². The normalized spacial score (nSPS) is 15.9. The van der Waals surface area contributed by atoms with Gasteiger partial charge in [0.2, 0.25) is 5.91 Å². The number of phenols is 1. The lowest BCUT2D eigenvalue weighted by molar-refractivity contribution is -0.135. The Morgan fingerprint density at radius 1 is 1.15 bits per heavy atom. The second-order valence-electron chi connectivity index (χ2n) is 8.67. The molecule has 2 atom stereocenters. The van der Waals surface area contributed by atoms with Crippen LogP contribution in [0.3, 0.4) is 0 Å². The average molecular weight is 467 g/mol. The number of hydrogen-bond acceptors (Lipinski definition) is 5. The second kappa shape index (κ2) is 9.06. The molecule has 0 saturated heterocycles. The van der Waals surface area contributed by atoms with Gasteiger partial charge in [0.1, 0.15) is 17.3 Å². The van der Waals surface area contributed by atoms with E-state index in [9.17, 15) is 14.3 Å². The van der Waals surface area contributed by atoms with Gasteiger partial charge in [-0.3, -0.25) is 9.78 Å². The molecule has 1 amide bonds. The summed E-state index contributed by atoms with van der Waals surface area (Å²) < 4.78 is 19.5. The van der Waals surface area contributed by atoms with E-state index < -0.39 is 16.9 Å². The minimum atomic E-state index is -0.504. The smallest absolute Gasteiger partial charge is 0.230 e. The Morgan fingerprint density at radius 3 is 2.55 bits per heavy atom. The molecule has 0 bridgehead atoms. The summed E-state index contributed by atoms with van der Waals surface area (Å²) in [6.45, 7) is 7.92. The number of thioether (sulfide) groups is 1. The number of fused-ring (bicyclic) bond motifs is 1. The first kappa shape index (κ1) is 23.1. The lowest BCUT2D eigenvalue weighted by atomic mass is 9.97. The molecule has 1 aromatic heterocycles. The second-order valence-corrected chi connectivity index (χ2v) is 10.3. The van der Waals surface area contributed by atoms with Crippen molar-refractivity contribution in [1.29, 1.82) is 0 Å². The zero-order valence-corrected chi connectivity index (χ0v) is 19.9. The zero-order valence-electron chi connectivity index (χ0n) is 19.1. The lowest BCUT2D eigenvalue weighted by Crippen LogP contribution is -2.36. The van der Waals surface area contributed by atoms with E-state index in [4.69, 9.17) is 4.74 Å². The summed E-state index contributed by atoms with van der Waals surface area (Å²) in [6, 6.07) is 14.5. The molecular weight excluding hydrogens is 439 g/mol. The van der Waals surface area contributed by atoms with E-state index in [2.05, 4.69) is 4.98 Å². The standard InChI is InChI=1S/C26H27FN2O3S/c1-16(18-8-10-19(27)11-9-18)25(31)29(15-20-7-5-6-14-28-20)17(2)23-21(30)12-13-22-24(23)33-26(3,4)32-22/h5-14,16-17,30H,15H2,1-4H3. The number of halogens is 1. The topological polar surface area (TPSA) is 62.7 Å². The number of carbonyl (C=O) groups is 1. The van der Waals surface area contributed by atoms with Crippen LogP contribution >= 0.6 is 11.8 Å². The molecule has 1 aliphatic rings. The molecule has 0 saturated carbocycles. The number of aromatic hydroxyl groups is 1. The van der Waals surface area contributed by atoms with E-state index in [1.54, 1.807) is 35.4 Å². The number of amides is 1. The third-order valence-electron chi connectivity index (χ3n) is 5.81. The number of carbonyl (C=O) groups excluding carboxylic acids is 1. The highest BCUT2D eigenvalue weighted by Crippen LogP contribution is 2.53. The molecule has 4 rings (SSSR count). The molecule has 1 N–H and O–H groups in total. The van der Waals surface area contributed by atoms with Gasteiger partial charge in [0.05, 0.1) is 29.1 Å². The molecule has 2 heterocycles. The summed E-state index contributed by atoms with van der Waals surface area (Å²) in [7, 11) is 0. The summed E-state index contributed by atoms with van der Waals surface area (Å²) in [5.74, 6) is -0.178. The van der Waals surface area contributed by atoms with Gasteiger partial charge in [0, 0.05) is 11.8 Å². The van der Waals surface area contributed by atoms with Gasteiger partial charge in [-0.15, -0.1) is 0 Å². The average Bonchev–Trinajstić information content (AvgIpc) is 3.11. The number of ether oxygens (including phenoxy) is 1. The van der Waals surface area contributed by atoms with Gasteiger partial charge in [-0.25, -0.2) is 4.39 Å². The number of rotatable bonds is 6. The maximum absolute atomic E-state index is 13.8. The first-order chi connectivity index (χ1) is 15.7. The van der Waals surface area contributed by atoms with E-state index in [1.807, 2.05) is 45.9 Å². The van der Waals surface area contributed by atoms with Crippen molar-refractivity contribution >= 4 is 17.7 Å². The molecular formula is C26H27FN2O3S. The summed E-state index contributed by atoms with van der Waals surface area (Å²) in [5, 5.41) is 10.8. The van der Waals surface area contributed by atoms with E-state index in [-0.39, 0.29) is 24.0 Å². The molecule has 33 heavy (non-hydrogen) atoms. The summed E-state index contributed by atoms with van der Waals surface area (Å²) in [5.41, 5.74) is 2.11. The molecule has 0 fully saturated rings. The third kappa shape index (κ3) is 4.83. The fourth-order valence-corrected chi connectivity index (χ4v) is 5.28. The highest BCUT2D eigenvalue weighted by Gasteiger charge is 2.37. The Morgan fingerprint density at radius 2 is 1.88 bits per heavy atom. The Balaban J connectivity index is 1.74. The van der Waals surface area contributed by atoms with Crippen molar-refractivity contribution in [2.45, 2.75) is 56.0 Å². The fourth-order valence-electron chi connectivity index (χ4n) is 4.06. The maximum atomic E-state index is 13.8. The van der Waals surface area contributed by atoms with Crippen molar-refractivity contribution < 1.29 is 19.0 Å². The van der Waals surface area contributed by atoms with Gasteiger partial charge in [-0.05, 0) is 69.7 Å². The number of aromatic nitrogens is 1. The van der Waals surface area contributed by atoms with Crippen LogP contribution in [0, 0.1) is 5.82 Å². The van der Waals surface area contributed by atoms with Crippen LogP contribution in [0.2, 0.25) is 0 Å². The van der Waals surface area contributed by atoms with Crippen LogP contribution in [-0.2, 0) is 11.3 Å². The maximum Gasteiger partial charge on any atom is 0.230 e. The quantitative estimate of drug-likeness (QED) is 0.480. The molecule has 1 aliphatic heterocycles. The molecule has 0 radical (unpaired) electrons. The fraction of sp³-hybridized carbons (Fsp3) is 0.308. The molecule has 3 aromatic rings. The van der Waals surface area contributed by atoms with Gasteiger partial charge in [-0.2, -0.15) is 0 Å². The summed E-state index contributed by atoms with van der Waals surface area (Å²) in [4.78, 5) is 20.3. The van der Waals surface area contributed by atoms with Crippen LogP contribution in [0.25, 0.3) is 0 Å². The van der Waals surface area contributed by atoms with E-state index in [0.717, 1.165) is 16.2 Å². The third-order valence-corrected chi connectivity index (χ3v) is 7.01. The van der Waals surface area contributed by atoms with Gasteiger partial charge in [-0.1, -0.05) is 30.0 Å². The SMILES string of the molecule is CC(C(=O)N(Cc1ccccn1)C(C)c1c(O)ccc2c1SC(C)(C)O2)c1ccc(F)cc1. The van der Waals surface area contributed by atoms with Gasteiger partial charge >= 0.3 is 0 Å². The number of benzene rings is 2. The van der Waals surface area contributed by atoms with E-state index >= 15 is 0 Å².